The Morgan fingerprint density at radius 3 is 0.759 bits per heavy atom. The summed E-state index contributed by atoms with van der Waals surface area (Å²) in [5, 5.41) is 0. The van der Waals surface area contributed by atoms with Crippen molar-refractivity contribution in [1.29, 1.82) is 0 Å². The lowest BCUT2D eigenvalue weighted by Gasteiger charge is -2.27. The van der Waals surface area contributed by atoms with Crippen LogP contribution in [0.1, 0.15) is 105 Å². The maximum Gasteiger partial charge on any atom is 0.0629 e. The van der Waals surface area contributed by atoms with E-state index in [1.807, 2.05) is 0 Å². The van der Waals surface area contributed by atoms with E-state index in [-0.39, 0.29) is 0 Å². The van der Waals surface area contributed by atoms with Crippen LogP contribution in [0, 0.1) is 0 Å². The Hall–Kier alpha value is -0.610. The van der Waals surface area contributed by atoms with Crippen molar-refractivity contribution in [3.8, 4) is 0 Å². The van der Waals surface area contributed by atoms with Crippen LogP contribution in [0.3, 0.4) is 0 Å². The second kappa shape index (κ2) is 22.1. The van der Waals surface area contributed by atoms with Crippen molar-refractivity contribution in [2.24, 2.45) is 0 Å². The summed E-state index contributed by atoms with van der Waals surface area (Å²) in [5.74, 6) is 0. The third-order valence-electron chi connectivity index (χ3n) is 5.57. The molecule has 0 spiro atoms. The van der Waals surface area contributed by atoms with Crippen LogP contribution in [0.15, 0.2) is 48.6 Å². The summed E-state index contributed by atoms with van der Waals surface area (Å²) in [5.41, 5.74) is 0. The van der Waals surface area contributed by atoms with E-state index >= 15 is 0 Å². The first-order valence-electron chi connectivity index (χ1n) is 12.7. The first-order chi connectivity index (χ1) is 14.2. The van der Waals surface area contributed by atoms with Gasteiger partial charge in [-0.1, -0.05) is 102 Å². The Bertz CT molecular complexity index is 356. The van der Waals surface area contributed by atoms with Crippen LogP contribution in [0.4, 0.5) is 0 Å². The number of rotatable bonds is 20. The molecule has 0 radical (unpaired) electrons. The zero-order valence-corrected chi connectivity index (χ0v) is 21.3. The van der Waals surface area contributed by atoms with Gasteiger partial charge in [-0.3, -0.25) is 0 Å². The van der Waals surface area contributed by atoms with Crippen molar-refractivity contribution in [3.05, 3.63) is 48.6 Å². The Labute approximate surface area is 185 Å². The number of hydrogen-bond donors (Lipinski definition) is 0. The topological polar surface area (TPSA) is 0 Å². The van der Waals surface area contributed by atoms with Gasteiger partial charge in [-0.15, -0.1) is 0 Å². The van der Waals surface area contributed by atoms with Crippen LogP contribution in [0.25, 0.3) is 0 Å². The first kappa shape index (κ1) is 28.4. The highest BCUT2D eigenvalue weighted by Crippen LogP contribution is 2.61. The molecule has 0 nitrogen and oxygen atoms in total. The third-order valence-corrected chi connectivity index (χ3v) is 10.4. The van der Waals surface area contributed by atoms with E-state index in [4.69, 9.17) is 0 Å². The quantitative estimate of drug-likeness (QED) is 0.136. The number of hydrogen-bond acceptors (Lipinski definition) is 0. The van der Waals surface area contributed by atoms with Gasteiger partial charge >= 0.3 is 0 Å². The maximum atomic E-state index is 2.48. The summed E-state index contributed by atoms with van der Waals surface area (Å²) in [6.07, 6.45) is 40.6. The molecule has 0 bridgehead atoms. The van der Waals surface area contributed by atoms with Crippen LogP contribution in [0.5, 0.6) is 0 Å². The van der Waals surface area contributed by atoms with Crippen LogP contribution < -0.4 is 0 Å². The highest BCUT2D eigenvalue weighted by molar-refractivity contribution is 7.75. The minimum Gasteiger partial charge on any atom is -0.0884 e. The molecule has 0 atom stereocenters. The van der Waals surface area contributed by atoms with Crippen LogP contribution in [-0.2, 0) is 0 Å². The molecule has 0 heterocycles. The fraction of sp³-hybridized carbons (Fsp3) is 0.714. The van der Waals surface area contributed by atoms with Gasteiger partial charge in [0.2, 0.25) is 0 Å². The SMILES string of the molecule is CCC/C=C/CC[P+](CC/C=C/CCC)(CC/C=C/CCC)CC/C=C/CCC. The largest absolute Gasteiger partial charge is 0.0884 e. The second-order valence-electron chi connectivity index (χ2n) is 8.43. The van der Waals surface area contributed by atoms with Crippen molar-refractivity contribution in [3.63, 3.8) is 0 Å². The van der Waals surface area contributed by atoms with Crippen molar-refractivity contribution >= 4 is 7.26 Å². The van der Waals surface area contributed by atoms with Crippen molar-refractivity contribution < 1.29 is 0 Å². The molecule has 0 amide bonds. The van der Waals surface area contributed by atoms with Gasteiger partial charge in [-0.2, -0.15) is 0 Å². The monoisotopic (exact) mass is 419 g/mol. The minimum atomic E-state index is -0.896. The molecule has 0 aromatic heterocycles. The van der Waals surface area contributed by atoms with Gasteiger partial charge in [-0.05, 0) is 51.4 Å². The van der Waals surface area contributed by atoms with Crippen LogP contribution in [-0.4, -0.2) is 24.6 Å². The first-order valence-corrected chi connectivity index (χ1v) is 15.2. The van der Waals surface area contributed by atoms with Gasteiger partial charge in [0.25, 0.3) is 0 Å². The highest BCUT2D eigenvalue weighted by Gasteiger charge is 2.34. The summed E-state index contributed by atoms with van der Waals surface area (Å²) >= 11 is 0. The predicted molar refractivity (Wildman–Crippen MR) is 141 cm³/mol. The summed E-state index contributed by atoms with van der Waals surface area (Å²) < 4.78 is 0. The molecule has 0 aliphatic rings. The molecule has 0 aromatic rings. The Kier molecular flexibility index (Phi) is 21.6. The second-order valence-corrected chi connectivity index (χ2v) is 12.9. The van der Waals surface area contributed by atoms with Gasteiger partial charge in [0.15, 0.2) is 0 Å². The van der Waals surface area contributed by atoms with E-state index in [1.165, 1.54) is 102 Å². The lowest BCUT2D eigenvalue weighted by molar-refractivity contribution is 0.944. The zero-order chi connectivity index (χ0) is 21.5. The molecular weight excluding hydrogens is 367 g/mol. The molecule has 0 rings (SSSR count). The lowest BCUT2D eigenvalue weighted by Crippen LogP contribution is -2.12. The molecular formula is C28H52P+. The molecule has 0 aromatic carbocycles. The summed E-state index contributed by atoms with van der Waals surface area (Å²) in [4.78, 5) is 0. The van der Waals surface area contributed by atoms with E-state index in [9.17, 15) is 0 Å². The molecule has 29 heavy (non-hydrogen) atoms. The van der Waals surface area contributed by atoms with E-state index in [0.29, 0.717) is 0 Å². The summed E-state index contributed by atoms with van der Waals surface area (Å²) in [6.45, 7) is 9.09. The smallest absolute Gasteiger partial charge is 0.0629 e. The Morgan fingerprint density at radius 2 is 0.552 bits per heavy atom. The molecule has 1 heteroatoms. The van der Waals surface area contributed by atoms with Crippen molar-refractivity contribution in [1.82, 2.24) is 0 Å². The minimum absolute atomic E-state index is 0.896. The fourth-order valence-electron chi connectivity index (χ4n) is 3.67. The van der Waals surface area contributed by atoms with E-state index in [2.05, 4.69) is 76.3 Å². The Balaban J connectivity index is 5.04. The fourth-order valence-corrected chi connectivity index (χ4v) is 7.80. The standard InChI is InChI=1S/C28H52P/c1-5-9-13-17-21-25-29(26-22-18-14-10-6-2,27-23-19-15-11-7-3)28-24-20-16-12-8-4/h13-20H,5-12,21-28H2,1-4H3/q+1/b17-13+,18-14+,19-15+,20-16+. The summed E-state index contributed by atoms with van der Waals surface area (Å²) in [7, 11) is -0.896. The van der Waals surface area contributed by atoms with Gasteiger partial charge in [0, 0.05) is 7.26 Å². The third kappa shape index (κ3) is 17.9. The van der Waals surface area contributed by atoms with Crippen LogP contribution >= 0.6 is 7.26 Å². The van der Waals surface area contributed by atoms with Gasteiger partial charge in [0.1, 0.15) is 0 Å². The Morgan fingerprint density at radius 1 is 0.345 bits per heavy atom. The molecule has 0 saturated heterocycles. The molecule has 168 valence electrons. The molecule has 0 aliphatic carbocycles. The van der Waals surface area contributed by atoms with Crippen molar-refractivity contribution in [2.75, 3.05) is 24.6 Å². The molecule has 0 unspecified atom stereocenters. The highest BCUT2D eigenvalue weighted by atomic mass is 31.2. The van der Waals surface area contributed by atoms with E-state index in [0.717, 1.165) is 0 Å². The molecule has 0 N–H and O–H groups in total. The molecule has 0 aliphatic heterocycles. The normalized spacial score (nSPS) is 13.1. The molecule has 0 saturated carbocycles. The van der Waals surface area contributed by atoms with E-state index in [1.54, 1.807) is 0 Å². The van der Waals surface area contributed by atoms with Gasteiger partial charge in [-0.25, -0.2) is 0 Å². The number of allylic oxidation sites excluding steroid dienone is 8. The number of unbranched alkanes of at least 4 members (excludes halogenated alkanes) is 4. The molecule has 0 fully saturated rings. The van der Waals surface area contributed by atoms with Gasteiger partial charge in [0.05, 0.1) is 24.6 Å². The lowest BCUT2D eigenvalue weighted by atomic mass is 10.3. The average molecular weight is 420 g/mol. The summed E-state index contributed by atoms with van der Waals surface area (Å²) in [6, 6.07) is 0. The predicted octanol–water partition coefficient (Wildman–Crippen LogP) is 9.99. The van der Waals surface area contributed by atoms with Crippen molar-refractivity contribution in [2.45, 2.75) is 105 Å². The van der Waals surface area contributed by atoms with Crippen LogP contribution in [0.2, 0.25) is 0 Å². The van der Waals surface area contributed by atoms with E-state index < -0.39 is 7.26 Å². The maximum absolute atomic E-state index is 2.48. The average Bonchev–Trinajstić information content (AvgIpc) is 2.73. The zero-order valence-electron chi connectivity index (χ0n) is 20.4. The van der Waals surface area contributed by atoms with Gasteiger partial charge < -0.3 is 0 Å².